The molecule has 5 nitrogen and oxygen atoms in total. The van der Waals surface area contributed by atoms with Gasteiger partial charge in [-0.25, -0.2) is 8.78 Å². The van der Waals surface area contributed by atoms with Crippen LogP contribution in [0.1, 0.15) is 25.3 Å². The van der Waals surface area contributed by atoms with Gasteiger partial charge in [-0.1, -0.05) is 42.5 Å². The fourth-order valence-corrected chi connectivity index (χ4v) is 7.04. The fraction of sp³-hybridized carbons (Fsp3) is 0.308. The lowest BCUT2D eigenvalue weighted by Crippen LogP contribution is -2.57. The van der Waals surface area contributed by atoms with Gasteiger partial charge in [0, 0.05) is 31.2 Å². The van der Waals surface area contributed by atoms with Gasteiger partial charge in [0.25, 0.3) is 0 Å². The minimum atomic E-state index is -3.74. The minimum Gasteiger partial charge on any atom is -0.296 e. The number of piperidine rings is 1. The standard InChI is InChI=1S/C26H27F2N3O2S/c1-19-16-26(18-29-34(32,33)31(26)23-9-5-8-22(27)15-23)12-13-30(19)17-20-6-4-7-21(14-20)24-10-2-3-11-25(24)28/h2-11,14-15,19,29H,12-13,16-18H2,1H3/t19-,26+/m0/s1. The number of hydrogen-bond acceptors (Lipinski definition) is 3. The van der Waals surface area contributed by atoms with Crippen molar-refractivity contribution in [2.24, 2.45) is 0 Å². The summed E-state index contributed by atoms with van der Waals surface area (Å²) in [6, 6.07) is 20.5. The molecule has 8 heteroatoms. The lowest BCUT2D eigenvalue weighted by atomic mass is 9.83. The van der Waals surface area contributed by atoms with E-state index in [0.717, 1.165) is 11.1 Å². The molecule has 2 saturated heterocycles. The molecule has 0 unspecified atom stereocenters. The number of nitrogens with one attached hydrogen (secondary N) is 1. The van der Waals surface area contributed by atoms with Gasteiger partial charge in [0.05, 0.1) is 11.2 Å². The minimum absolute atomic E-state index is 0.0945. The highest BCUT2D eigenvalue weighted by Gasteiger charge is 2.52. The molecular formula is C26H27F2N3O2S. The number of halogens is 2. The van der Waals surface area contributed by atoms with Crippen molar-refractivity contribution in [1.29, 1.82) is 0 Å². The van der Waals surface area contributed by atoms with Crippen LogP contribution < -0.4 is 9.03 Å². The predicted molar refractivity (Wildman–Crippen MR) is 129 cm³/mol. The molecule has 34 heavy (non-hydrogen) atoms. The number of nitrogens with zero attached hydrogens (tertiary/aromatic N) is 2. The predicted octanol–water partition coefficient (Wildman–Crippen LogP) is 4.71. The third-order valence-electron chi connectivity index (χ3n) is 6.96. The fourth-order valence-electron chi connectivity index (χ4n) is 5.33. The van der Waals surface area contributed by atoms with Crippen LogP contribution in [0.15, 0.2) is 72.8 Å². The van der Waals surface area contributed by atoms with Crippen molar-refractivity contribution >= 4 is 15.9 Å². The van der Waals surface area contributed by atoms with Gasteiger partial charge in [0.15, 0.2) is 0 Å². The van der Waals surface area contributed by atoms with Gasteiger partial charge in [0.2, 0.25) is 0 Å². The average Bonchev–Trinajstić information content (AvgIpc) is 3.06. The molecule has 1 spiro atoms. The molecule has 0 radical (unpaired) electrons. The Morgan fingerprint density at radius 1 is 1.03 bits per heavy atom. The molecule has 2 aliphatic rings. The maximum atomic E-state index is 14.3. The SMILES string of the molecule is C[C@H]1C[C@]2(CCN1Cc1cccc(-c3ccccc3F)c1)CNS(=O)(=O)N2c1cccc(F)c1. The van der Waals surface area contributed by atoms with Crippen LogP contribution >= 0.6 is 0 Å². The Morgan fingerprint density at radius 2 is 1.82 bits per heavy atom. The van der Waals surface area contributed by atoms with E-state index in [2.05, 4.69) is 16.5 Å². The van der Waals surface area contributed by atoms with E-state index >= 15 is 0 Å². The first kappa shape index (κ1) is 23.0. The Bertz CT molecular complexity index is 1320. The van der Waals surface area contributed by atoms with Crippen LogP contribution in [0.5, 0.6) is 0 Å². The van der Waals surface area contributed by atoms with Crippen molar-refractivity contribution in [3.05, 3.63) is 90.0 Å². The number of rotatable bonds is 4. The van der Waals surface area contributed by atoms with E-state index in [0.29, 0.717) is 43.7 Å². The van der Waals surface area contributed by atoms with Crippen molar-refractivity contribution in [2.45, 2.75) is 37.9 Å². The summed E-state index contributed by atoms with van der Waals surface area (Å²) < 4.78 is 58.0. The molecule has 0 amide bonds. The molecule has 2 fully saturated rings. The monoisotopic (exact) mass is 483 g/mol. The number of benzene rings is 3. The van der Waals surface area contributed by atoms with Gasteiger partial charge >= 0.3 is 10.2 Å². The molecule has 5 rings (SSSR count). The van der Waals surface area contributed by atoms with Gasteiger partial charge < -0.3 is 0 Å². The van der Waals surface area contributed by atoms with Crippen LogP contribution in [0.3, 0.4) is 0 Å². The molecule has 2 aliphatic heterocycles. The van der Waals surface area contributed by atoms with Crippen LogP contribution in [-0.4, -0.2) is 38.0 Å². The van der Waals surface area contributed by atoms with Gasteiger partial charge in [-0.3, -0.25) is 9.21 Å². The maximum absolute atomic E-state index is 14.3. The topological polar surface area (TPSA) is 52.7 Å². The molecular weight excluding hydrogens is 456 g/mol. The normalized spacial score (nSPS) is 24.6. The molecule has 0 aromatic heterocycles. The zero-order chi connectivity index (χ0) is 23.9. The second-order valence-corrected chi connectivity index (χ2v) is 10.9. The summed E-state index contributed by atoms with van der Waals surface area (Å²) >= 11 is 0. The van der Waals surface area contributed by atoms with Crippen LogP contribution in [0.2, 0.25) is 0 Å². The molecule has 2 heterocycles. The summed E-state index contributed by atoms with van der Waals surface area (Å²) in [5, 5.41) is 0. The van der Waals surface area contributed by atoms with E-state index in [-0.39, 0.29) is 11.9 Å². The van der Waals surface area contributed by atoms with Gasteiger partial charge in [-0.15, -0.1) is 0 Å². The third kappa shape index (κ3) is 4.21. The molecule has 3 aromatic carbocycles. The van der Waals surface area contributed by atoms with Crippen molar-refractivity contribution < 1.29 is 17.2 Å². The Kier molecular flexibility index (Phi) is 5.91. The second-order valence-electron chi connectivity index (χ2n) is 9.25. The summed E-state index contributed by atoms with van der Waals surface area (Å²) in [5.41, 5.74) is 2.19. The lowest BCUT2D eigenvalue weighted by molar-refractivity contribution is 0.106. The highest BCUT2D eigenvalue weighted by molar-refractivity contribution is 7.91. The van der Waals surface area contributed by atoms with Crippen molar-refractivity contribution in [1.82, 2.24) is 9.62 Å². The Hall–Kier alpha value is -2.81. The van der Waals surface area contributed by atoms with Crippen LogP contribution in [0.4, 0.5) is 14.5 Å². The number of anilines is 1. The summed E-state index contributed by atoms with van der Waals surface area (Å²) in [6.07, 6.45) is 1.23. The highest BCUT2D eigenvalue weighted by atomic mass is 32.2. The average molecular weight is 484 g/mol. The smallest absolute Gasteiger partial charge is 0.296 e. The Balaban J connectivity index is 1.36. The van der Waals surface area contributed by atoms with E-state index in [1.807, 2.05) is 30.3 Å². The largest absolute Gasteiger partial charge is 0.302 e. The molecule has 0 bridgehead atoms. The van der Waals surface area contributed by atoms with E-state index in [1.54, 1.807) is 18.2 Å². The molecule has 0 aliphatic carbocycles. The molecule has 2 atom stereocenters. The van der Waals surface area contributed by atoms with E-state index in [9.17, 15) is 17.2 Å². The van der Waals surface area contributed by atoms with Crippen LogP contribution in [0.25, 0.3) is 11.1 Å². The number of hydrogen-bond donors (Lipinski definition) is 1. The van der Waals surface area contributed by atoms with Crippen LogP contribution in [0, 0.1) is 11.6 Å². The van der Waals surface area contributed by atoms with Crippen molar-refractivity contribution in [3.63, 3.8) is 0 Å². The van der Waals surface area contributed by atoms with E-state index < -0.39 is 21.6 Å². The second kappa shape index (κ2) is 8.76. The quantitative estimate of drug-likeness (QED) is 0.585. The highest BCUT2D eigenvalue weighted by Crippen LogP contribution is 2.41. The van der Waals surface area contributed by atoms with Crippen LogP contribution in [-0.2, 0) is 16.8 Å². The van der Waals surface area contributed by atoms with E-state index in [4.69, 9.17) is 0 Å². The zero-order valence-electron chi connectivity index (χ0n) is 18.9. The number of likely N-dealkylation sites (tertiary alicyclic amines) is 1. The first-order valence-corrected chi connectivity index (χ1v) is 12.8. The van der Waals surface area contributed by atoms with Crippen molar-refractivity contribution in [3.8, 4) is 11.1 Å². The first-order valence-electron chi connectivity index (χ1n) is 11.4. The maximum Gasteiger partial charge on any atom is 0.302 e. The molecule has 3 aromatic rings. The van der Waals surface area contributed by atoms with Gasteiger partial charge in [-0.2, -0.15) is 13.1 Å². The summed E-state index contributed by atoms with van der Waals surface area (Å²) in [7, 11) is -3.74. The first-order chi connectivity index (χ1) is 16.3. The third-order valence-corrected chi connectivity index (χ3v) is 8.55. The van der Waals surface area contributed by atoms with E-state index in [1.165, 1.54) is 28.6 Å². The van der Waals surface area contributed by atoms with Crippen molar-refractivity contribution in [2.75, 3.05) is 17.4 Å². The molecule has 178 valence electrons. The molecule has 1 N–H and O–H groups in total. The Morgan fingerprint density at radius 3 is 2.59 bits per heavy atom. The summed E-state index contributed by atoms with van der Waals surface area (Å²) in [4.78, 5) is 2.32. The lowest BCUT2D eigenvalue weighted by Gasteiger charge is -2.47. The van der Waals surface area contributed by atoms with Gasteiger partial charge in [-0.05, 0) is 61.2 Å². The zero-order valence-corrected chi connectivity index (χ0v) is 19.7. The van der Waals surface area contributed by atoms with Gasteiger partial charge in [0.1, 0.15) is 11.6 Å². The molecule has 0 saturated carbocycles. The summed E-state index contributed by atoms with van der Waals surface area (Å²) in [5.74, 6) is -0.713. The summed E-state index contributed by atoms with van der Waals surface area (Å²) in [6.45, 7) is 3.76. The Labute approximate surface area is 199 Å².